The third-order valence-electron chi connectivity index (χ3n) is 6.37. The molecule has 5 unspecified atom stereocenters. The summed E-state index contributed by atoms with van der Waals surface area (Å²) in [7, 11) is 0. The molecule has 8 heteroatoms. The van der Waals surface area contributed by atoms with Crippen molar-refractivity contribution < 1.29 is 23.1 Å². The molecule has 5 atom stereocenters. The predicted octanol–water partition coefficient (Wildman–Crippen LogP) is 5.80. The molecule has 0 saturated heterocycles. The van der Waals surface area contributed by atoms with Gasteiger partial charge < -0.3 is 10.4 Å². The SMILES string of the molecule is CC.CC1CC2CC(CC(C)(O)C2)C1NC(=O)C(C)(C)NSc1ccccc1C(F)(F)F. The molecule has 0 heterocycles. The van der Waals surface area contributed by atoms with Gasteiger partial charge in [0, 0.05) is 10.9 Å². The molecule has 0 spiro atoms. The van der Waals surface area contributed by atoms with E-state index < -0.39 is 22.9 Å². The summed E-state index contributed by atoms with van der Waals surface area (Å²) in [4.78, 5) is 13.1. The Hall–Kier alpha value is -1.25. The van der Waals surface area contributed by atoms with Gasteiger partial charge in [-0.25, -0.2) is 4.72 Å². The fraction of sp³-hybridized carbons (Fsp3) is 0.708. The highest BCUT2D eigenvalue weighted by Gasteiger charge is 2.46. The van der Waals surface area contributed by atoms with Crippen LogP contribution in [0.2, 0.25) is 0 Å². The van der Waals surface area contributed by atoms with E-state index in [-0.39, 0.29) is 22.8 Å². The number of rotatable bonds is 5. The second-order valence-electron chi connectivity index (χ2n) is 9.80. The zero-order valence-corrected chi connectivity index (χ0v) is 20.7. The van der Waals surface area contributed by atoms with Crippen molar-refractivity contribution in [3.63, 3.8) is 0 Å². The lowest BCUT2D eigenvalue weighted by molar-refractivity contribution is -0.139. The van der Waals surface area contributed by atoms with Gasteiger partial charge in [-0.3, -0.25) is 4.79 Å². The van der Waals surface area contributed by atoms with Gasteiger partial charge >= 0.3 is 6.18 Å². The summed E-state index contributed by atoms with van der Waals surface area (Å²) in [5.74, 6) is 0.728. The molecule has 1 amide bonds. The molecule has 4 nitrogen and oxygen atoms in total. The van der Waals surface area contributed by atoms with E-state index in [1.54, 1.807) is 19.9 Å². The van der Waals surface area contributed by atoms with Crippen molar-refractivity contribution in [2.24, 2.45) is 17.8 Å². The van der Waals surface area contributed by atoms with E-state index in [4.69, 9.17) is 0 Å². The molecule has 1 aromatic carbocycles. The highest BCUT2D eigenvalue weighted by molar-refractivity contribution is 7.97. The molecule has 0 aromatic heterocycles. The second kappa shape index (κ2) is 10.3. The Kier molecular flexibility index (Phi) is 8.73. The lowest BCUT2D eigenvalue weighted by Gasteiger charge is -2.49. The Balaban J connectivity index is 0.00000176. The molecule has 32 heavy (non-hydrogen) atoms. The molecule has 3 rings (SSSR count). The maximum Gasteiger partial charge on any atom is 0.417 e. The number of nitrogens with one attached hydrogen (secondary N) is 2. The third-order valence-corrected chi connectivity index (χ3v) is 7.55. The van der Waals surface area contributed by atoms with Crippen molar-refractivity contribution in [2.45, 2.75) is 95.5 Å². The largest absolute Gasteiger partial charge is 0.417 e. The molecular weight excluding hydrogens is 437 g/mol. The smallest absolute Gasteiger partial charge is 0.390 e. The van der Waals surface area contributed by atoms with E-state index in [2.05, 4.69) is 17.0 Å². The van der Waals surface area contributed by atoms with Gasteiger partial charge in [0.1, 0.15) is 5.54 Å². The van der Waals surface area contributed by atoms with Crippen LogP contribution in [0.1, 0.15) is 72.8 Å². The number of benzene rings is 1. The van der Waals surface area contributed by atoms with Crippen molar-refractivity contribution in [3.8, 4) is 0 Å². The average Bonchev–Trinajstić information content (AvgIpc) is 2.69. The number of hydrogen-bond donors (Lipinski definition) is 3. The fourth-order valence-electron chi connectivity index (χ4n) is 5.07. The molecule has 2 aliphatic rings. The normalized spacial score (nSPS) is 30.2. The molecule has 2 bridgehead atoms. The summed E-state index contributed by atoms with van der Waals surface area (Å²) in [5.41, 5.74) is -2.51. The highest BCUT2D eigenvalue weighted by Crippen LogP contribution is 2.46. The Morgan fingerprint density at radius 2 is 1.78 bits per heavy atom. The zero-order valence-electron chi connectivity index (χ0n) is 19.8. The van der Waals surface area contributed by atoms with Crippen LogP contribution in [0.5, 0.6) is 0 Å². The van der Waals surface area contributed by atoms with Crippen molar-refractivity contribution in [2.75, 3.05) is 0 Å². The monoisotopic (exact) mass is 474 g/mol. The molecule has 1 aromatic rings. The molecule has 3 N–H and O–H groups in total. The average molecular weight is 475 g/mol. The number of aliphatic hydroxyl groups is 1. The van der Waals surface area contributed by atoms with Crippen LogP contribution in [-0.2, 0) is 11.0 Å². The lowest BCUT2D eigenvalue weighted by atomic mass is 9.61. The Bertz CT molecular complexity index is 781. The Morgan fingerprint density at radius 3 is 2.41 bits per heavy atom. The summed E-state index contributed by atoms with van der Waals surface area (Å²) < 4.78 is 42.6. The van der Waals surface area contributed by atoms with Gasteiger partial charge in [0.2, 0.25) is 5.91 Å². The molecule has 182 valence electrons. The third kappa shape index (κ3) is 6.64. The van der Waals surface area contributed by atoms with Gasteiger partial charge in [-0.05, 0) is 88.3 Å². The van der Waals surface area contributed by atoms with Crippen LogP contribution in [0.25, 0.3) is 0 Å². The van der Waals surface area contributed by atoms with Gasteiger partial charge in [-0.15, -0.1) is 0 Å². The summed E-state index contributed by atoms with van der Waals surface area (Å²) >= 11 is 0.819. The topological polar surface area (TPSA) is 61.4 Å². The number of carbonyl (C=O) groups is 1. The van der Waals surface area contributed by atoms with Crippen LogP contribution in [0.15, 0.2) is 29.2 Å². The van der Waals surface area contributed by atoms with Gasteiger partial charge in [-0.1, -0.05) is 32.9 Å². The van der Waals surface area contributed by atoms with Crippen LogP contribution in [-0.4, -0.2) is 28.2 Å². The van der Waals surface area contributed by atoms with Gasteiger partial charge in [0.05, 0.1) is 11.2 Å². The number of amides is 1. The van der Waals surface area contributed by atoms with Crippen molar-refractivity contribution in [1.29, 1.82) is 0 Å². The first-order valence-electron chi connectivity index (χ1n) is 11.4. The summed E-state index contributed by atoms with van der Waals surface area (Å²) in [6.07, 6.45) is -1.05. The minimum Gasteiger partial charge on any atom is -0.390 e. The first-order chi connectivity index (χ1) is 14.8. The Morgan fingerprint density at radius 1 is 1.16 bits per heavy atom. The van der Waals surface area contributed by atoms with E-state index in [1.807, 2.05) is 20.8 Å². The van der Waals surface area contributed by atoms with Crippen LogP contribution in [0.3, 0.4) is 0 Å². The van der Waals surface area contributed by atoms with Crippen molar-refractivity contribution in [3.05, 3.63) is 29.8 Å². The molecular formula is C24H37F3N2O2S. The van der Waals surface area contributed by atoms with Crippen molar-refractivity contribution >= 4 is 17.9 Å². The standard InChI is InChI=1S/C22H31F3N2O2S.C2H6/c1-13-9-14-10-15(12-21(4,29)11-14)18(13)26-19(28)20(2,3)27-30-17-8-6-5-7-16(17)22(23,24)25;1-2/h5-8,13-15,18,27,29H,9-12H2,1-4H3,(H,26,28);1-2H3. The molecule has 2 aliphatic carbocycles. The first-order valence-corrected chi connectivity index (χ1v) is 12.2. The summed E-state index contributed by atoms with van der Waals surface area (Å²) in [6, 6.07) is 5.27. The van der Waals surface area contributed by atoms with Crippen LogP contribution < -0.4 is 10.0 Å². The van der Waals surface area contributed by atoms with E-state index >= 15 is 0 Å². The van der Waals surface area contributed by atoms with Crippen LogP contribution in [0, 0.1) is 17.8 Å². The predicted molar refractivity (Wildman–Crippen MR) is 123 cm³/mol. The van der Waals surface area contributed by atoms with E-state index in [0.29, 0.717) is 18.3 Å². The van der Waals surface area contributed by atoms with Gasteiger partial charge in [0.25, 0.3) is 0 Å². The molecule has 0 aliphatic heterocycles. The zero-order chi connectivity index (χ0) is 24.3. The van der Waals surface area contributed by atoms with E-state index in [0.717, 1.165) is 37.3 Å². The van der Waals surface area contributed by atoms with E-state index in [9.17, 15) is 23.1 Å². The van der Waals surface area contributed by atoms with Crippen molar-refractivity contribution in [1.82, 2.24) is 10.0 Å². The molecule has 2 fully saturated rings. The highest BCUT2D eigenvalue weighted by atomic mass is 32.2. The van der Waals surface area contributed by atoms with Crippen LogP contribution >= 0.6 is 11.9 Å². The number of alkyl halides is 3. The number of halogens is 3. The number of hydrogen-bond acceptors (Lipinski definition) is 4. The lowest BCUT2D eigenvalue weighted by Crippen LogP contribution is -2.59. The molecule has 2 saturated carbocycles. The maximum atomic E-state index is 13.2. The van der Waals surface area contributed by atoms with Crippen LogP contribution in [0.4, 0.5) is 13.2 Å². The number of carbonyl (C=O) groups excluding carboxylic acids is 1. The first kappa shape index (κ1) is 27.0. The second-order valence-corrected chi connectivity index (χ2v) is 10.7. The number of fused-ring (bicyclic) bond motifs is 2. The minimum atomic E-state index is -4.45. The fourth-order valence-corrected chi connectivity index (χ4v) is 5.96. The van der Waals surface area contributed by atoms with Gasteiger partial charge in [-0.2, -0.15) is 13.2 Å². The summed E-state index contributed by atoms with van der Waals surface area (Å²) in [5, 5.41) is 13.7. The molecule has 0 radical (unpaired) electrons. The summed E-state index contributed by atoms with van der Waals surface area (Å²) in [6.45, 7) is 11.3. The quantitative estimate of drug-likeness (QED) is 0.472. The Labute approximate surface area is 194 Å². The van der Waals surface area contributed by atoms with E-state index in [1.165, 1.54) is 12.1 Å². The van der Waals surface area contributed by atoms with Gasteiger partial charge in [0.15, 0.2) is 0 Å². The minimum absolute atomic E-state index is 0.0306. The maximum absolute atomic E-state index is 13.2.